The zero-order valence-electron chi connectivity index (χ0n) is 12.6. The van der Waals surface area contributed by atoms with Gasteiger partial charge in [0.05, 0.1) is 30.8 Å². The third-order valence-corrected chi connectivity index (χ3v) is 3.21. The molecule has 0 atom stereocenters. The lowest BCUT2D eigenvalue weighted by Gasteiger charge is -2.08. The van der Waals surface area contributed by atoms with E-state index in [0.717, 1.165) is 5.56 Å². The van der Waals surface area contributed by atoms with Gasteiger partial charge in [-0.1, -0.05) is 18.2 Å². The number of allylic oxidation sites excluding steroid dienone is 1. The topological polar surface area (TPSA) is 85.4 Å². The van der Waals surface area contributed by atoms with Crippen LogP contribution in [0, 0.1) is 21.4 Å². The number of rotatable bonds is 5. The van der Waals surface area contributed by atoms with E-state index in [1.54, 1.807) is 36.4 Å². The molecule has 0 aliphatic heterocycles. The number of benzene rings is 2. The van der Waals surface area contributed by atoms with Crippen molar-refractivity contribution >= 4 is 17.3 Å². The van der Waals surface area contributed by atoms with Crippen LogP contribution in [0.25, 0.3) is 11.6 Å². The molecule has 0 aromatic heterocycles. The average Bonchev–Trinajstić information content (AvgIpc) is 2.59. The predicted octanol–water partition coefficient (Wildman–Crippen LogP) is 3.68. The average molecular weight is 310 g/mol. The fraction of sp³-hybridized carbons (Fsp3) is 0.118. The Balaban J connectivity index is 2.45. The van der Waals surface area contributed by atoms with Crippen molar-refractivity contribution in [3.8, 4) is 17.6 Å². The van der Waals surface area contributed by atoms with Crippen LogP contribution in [0.5, 0.6) is 11.5 Å². The molecule has 0 aliphatic rings. The Morgan fingerprint density at radius 2 is 1.91 bits per heavy atom. The van der Waals surface area contributed by atoms with Crippen molar-refractivity contribution in [3.63, 3.8) is 0 Å². The van der Waals surface area contributed by atoms with Crippen LogP contribution in [0.4, 0.5) is 5.69 Å². The van der Waals surface area contributed by atoms with Crippen molar-refractivity contribution < 1.29 is 14.4 Å². The van der Waals surface area contributed by atoms with Crippen LogP contribution in [-0.4, -0.2) is 19.1 Å². The maximum absolute atomic E-state index is 10.8. The molecule has 0 saturated heterocycles. The molecule has 6 heteroatoms. The van der Waals surface area contributed by atoms with Crippen LogP contribution in [0.15, 0.2) is 42.5 Å². The first kappa shape index (κ1) is 16.0. The molecule has 2 rings (SSSR count). The minimum atomic E-state index is -0.491. The summed E-state index contributed by atoms with van der Waals surface area (Å²) in [6.07, 6.45) is 1.64. The summed E-state index contributed by atoms with van der Waals surface area (Å²) in [6.45, 7) is 0. The maximum Gasteiger partial charge on any atom is 0.270 e. The van der Waals surface area contributed by atoms with Gasteiger partial charge in [0.1, 0.15) is 0 Å². The van der Waals surface area contributed by atoms with E-state index in [1.165, 1.54) is 26.4 Å². The Morgan fingerprint density at radius 1 is 1.17 bits per heavy atom. The van der Waals surface area contributed by atoms with E-state index in [9.17, 15) is 15.4 Å². The van der Waals surface area contributed by atoms with E-state index in [1.807, 2.05) is 0 Å². The first-order valence-electron chi connectivity index (χ1n) is 6.67. The first-order valence-corrected chi connectivity index (χ1v) is 6.67. The Kier molecular flexibility index (Phi) is 4.95. The summed E-state index contributed by atoms with van der Waals surface area (Å²) in [4.78, 5) is 10.4. The quantitative estimate of drug-likeness (QED) is 0.364. The number of nitrogens with zero attached hydrogens (tertiary/aromatic N) is 2. The van der Waals surface area contributed by atoms with Gasteiger partial charge in [-0.2, -0.15) is 5.26 Å². The summed E-state index contributed by atoms with van der Waals surface area (Å²) in [5, 5.41) is 20.2. The van der Waals surface area contributed by atoms with Crippen LogP contribution >= 0.6 is 0 Å². The van der Waals surface area contributed by atoms with Gasteiger partial charge in [0.15, 0.2) is 11.5 Å². The maximum atomic E-state index is 10.8. The fourth-order valence-corrected chi connectivity index (χ4v) is 2.08. The Bertz CT molecular complexity index is 806. The van der Waals surface area contributed by atoms with Gasteiger partial charge >= 0.3 is 0 Å². The van der Waals surface area contributed by atoms with Crippen LogP contribution in [0.3, 0.4) is 0 Å². The zero-order chi connectivity index (χ0) is 16.8. The molecule has 23 heavy (non-hydrogen) atoms. The lowest BCUT2D eigenvalue weighted by atomic mass is 10.0. The monoisotopic (exact) mass is 310 g/mol. The van der Waals surface area contributed by atoms with Crippen molar-refractivity contribution in [2.75, 3.05) is 14.2 Å². The van der Waals surface area contributed by atoms with Gasteiger partial charge in [-0.05, 0) is 29.3 Å². The summed E-state index contributed by atoms with van der Waals surface area (Å²) in [5.74, 6) is 1.12. The molecular weight excluding hydrogens is 296 g/mol. The standard InChI is InChI=1S/C17H14N2O4/c1-22-16-7-6-12(9-17(16)23-2)8-14(11-18)13-4-3-5-15(10-13)19(20)21/h3-10H,1-2H3. The largest absolute Gasteiger partial charge is 0.493 e. The molecule has 0 radical (unpaired) electrons. The van der Waals surface area contributed by atoms with Gasteiger partial charge in [-0.3, -0.25) is 10.1 Å². The molecular formula is C17H14N2O4. The molecule has 2 aromatic rings. The zero-order valence-corrected chi connectivity index (χ0v) is 12.6. The van der Waals surface area contributed by atoms with Gasteiger partial charge in [0.25, 0.3) is 5.69 Å². The van der Waals surface area contributed by atoms with Crippen LogP contribution < -0.4 is 9.47 Å². The number of nitro groups is 1. The van der Waals surface area contributed by atoms with Gasteiger partial charge in [-0.25, -0.2) is 0 Å². The van der Waals surface area contributed by atoms with Gasteiger partial charge in [-0.15, -0.1) is 0 Å². The van der Waals surface area contributed by atoms with Gasteiger partial charge < -0.3 is 9.47 Å². The second-order valence-corrected chi connectivity index (χ2v) is 4.59. The lowest BCUT2D eigenvalue weighted by molar-refractivity contribution is -0.384. The Morgan fingerprint density at radius 3 is 2.52 bits per heavy atom. The normalized spacial score (nSPS) is 10.7. The molecule has 0 amide bonds. The molecule has 0 heterocycles. The smallest absolute Gasteiger partial charge is 0.270 e. The van der Waals surface area contributed by atoms with Crippen molar-refractivity contribution in [3.05, 3.63) is 63.7 Å². The van der Waals surface area contributed by atoms with Crippen LogP contribution in [-0.2, 0) is 0 Å². The van der Waals surface area contributed by atoms with Gasteiger partial charge in [0.2, 0.25) is 0 Å². The number of methoxy groups -OCH3 is 2. The number of hydrogen-bond donors (Lipinski definition) is 0. The predicted molar refractivity (Wildman–Crippen MR) is 86.1 cm³/mol. The second kappa shape index (κ2) is 7.09. The fourth-order valence-electron chi connectivity index (χ4n) is 2.08. The highest BCUT2D eigenvalue weighted by atomic mass is 16.6. The van der Waals surface area contributed by atoms with E-state index in [2.05, 4.69) is 6.07 Å². The van der Waals surface area contributed by atoms with E-state index < -0.39 is 4.92 Å². The molecule has 0 saturated carbocycles. The summed E-state index contributed by atoms with van der Waals surface area (Å²) in [5.41, 5.74) is 1.47. The summed E-state index contributed by atoms with van der Waals surface area (Å²) in [6, 6.07) is 13.3. The van der Waals surface area contributed by atoms with E-state index in [-0.39, 0.29) is 5.69 Å². The third kappa shape index (κ3) is 3.66. The molecule has 2 aromatic carbocycles. The Labute approximate surface area is 133 Å². The number of non-ortho nitro benzene ring substituents is 1. The highest BCUT2D eigenvalue weighted by Gasteiger charge is 2.10. The SMILES string of the molecule is COc1ccc(C=C(C#N)c2cccc([N+](=O)[O-])c2)cc1OC. The molecule has 0 unspecified atom stereocenters. The number of ether oxygens (including phenoxy) is 2. The summed E-state index contributed by atoms with van der Waals surface area (Å²) in [7, 11) is 3.06. The van der Waals surface area contributed by atoms with E-state index in [0.29, 0.717) is 22.6 Å². The van der Waals surface area contributed by atoms with Crippen LogP contribution in [0.2, 0.25) is 0 Å². The molecule has 6 nitrogen and oxygen atoms in total. The second-order valence-electron chi connectivity index (χ2n) is 4.59. The minimum Gasteiger partial charge on any atom is -0.493 e. The molecule has 116 valence electrons. The molecule has 0 N–H and O–H groups in total. The first-order chi connectivity index (χ1) is 11.1. The Hall–Kier alpha value is -3.33. The molecule has 0 spiro atoms. The molecule has 0 aliphatic carbocycles. The number of hydrogen-bond acceptors (Lipinski definition) is 5. The van der Waals surface area contributed by atoms with Crippen molar-refractivity contribution in [2.24, 2.45) is 0 Å². The van der Waals surface area contributed by atoms with Crippen LogP contribution in [0.1, 0.15) is 11.1 Å². The summed E-state index contributed by atoms with van der Waals surface area (Å²) >= 11 is 0. The van der Waals surface area contributed by atoms with Crippen molar-refractivity contribution in [1.82, 2.24) is 0 Å². The highest BCUT2D eigenvalue weighted by molar-refractivity contribution is 5.90. The minimum absolute atomic E-state index is 0.0593. The lowest BCUT2D eigenvalue weighted by Crippen LogP contribution is -1.91. The number of nitro benzene ring substituents is 1. The van der Waals surface area contributed by atoms with E-state index in [4.69, 9.17) is 9.47 Å². The van der Waals surface area contributed by atoms with Gasteiger partial charge in [0, 0.05) is 12.1 Å². The van der Waals surface area contributed by atoms with E-state index >= 15 is 0 Å². The van der Waals surface area contributed by atoms with Crippen molar-refractivity contribution in [1.29, 1.82) is 5.26 Å². The number of nitriles is 1. The summed E-state index contributed by atoms with van der Waals surface area (Å²) < 4.78 is 10.4. The highest BCUT2D eigenvalue weighted by Crippen LogP contribution is 2.29. The molecule has 0 bridgehead atoms. The van der Waals surface area contributed by atoms with Crippen molar-refractivity contribution in [2.45, 2.75) is 0 Å². The third-order valence-electron chi connectivity index (χ3n) is 3.21. The molecule has 0 fully saturated rings.